The van der Waals surface area contributed by atoms with Gasteiger partial charge in [-0.05, 0) is 25.7 Å². The highest BCUT2D eigenvalue weighted by molar-refractivity contribution is 6.17. The molecule has 0 aromatic carbocycles. The molecule has 0 aromatic rings. The second-order valence-electron chi connectivity index (χ2n) is 3.25. The normalized spacial score (nSPS) is 21.4. The van der Waals surface area contributed by atoms with Gasteiger partial charge in [0.25, 0.3) is 0 Å². The first-order valence-corrected chi connectivity index (χ1v) is 5.72. The Morgan fingerprint density at radius 1 is 1.36 bits per heavy atom. The fraction of sp³-hybridized carbons (Fsp3) is 0.818. The average molecular weight is 217 g/mol. The molecule has 0 saturated carbocycles. The van der Waals surface area contributed by atoms with Crippen LogP contribution in [0.3, 0.4) is 0 Å². The minimum atomic E-state index is -0.0222. The molecule has 0 N–H and O–H groups in total. The highest BCUT2D eigenvalue weighted by Gasteiger charge is 2.12. The van der Waals surface area contributed by atoms with Gasteiger partial charge in [-0.15, -0.1) is 17.5 Å². The van der Waals surface area contributed by atoms with E-state index < -0.39 is 0 Å². The molecule has 1 heterocycles. The van der Waals surface area contributed by atoms with Crippen LogP contribution < -0.4 is 0 Å². The van der Waals surface area contributed by atoms with Gasteiger partial charge in [0.05, 0.1) is 0 Å². The van der Waals surface area contributed by atoms with Gasteiger partial charge in [-0.25, -0.2) is 0 Å². The summed E-state index contributed by atoms with van der Waals surface area (Å²) < 4.78 is 10.8. The molecule has 3 heteroatoms. The highest BCUT2D eigenvalue weighted by Crippen LogP contribution is 2.12. The van der Waals surface area contributed by atoms with Gasteiger partial charge in [-0.1, -0.05) is 5.92 Å². The Labute approximate surface area is 90.9 Å². The van der Waals surface area contributed by atoms with E-state index >= 15 is 0 Å². The standard InChI is InChI=1S/C11H17ClO2/c12-8-4-1-2-5-9-13-11-7-3-6-10-14-11/h11H,1,3-4,6-10H2. The van der Waals surface area contributed by atoms with Gasteiger partial charge in [0.15, 0.2) is 6.29 Å². The van der Waals surface area contributed by atoms with Crippen molar-refractivity contribution in [3.63, 3.8) is 0 Å². The molecule has 2 nitrogen and oxygen atoms in total. The molecule has 1 atom stereocenters. The number of hydrogen-bond donors (Lipinski definition) is 0. The van der Waals surface area contributed by atoms with Crippen LogP contribution >= 0.6 is 11.6 Å². The molecule has 0 aliphatic carbocycles. The van der Waals surface area contributed by atoms with E-state index in [4.69, 9.17) is 21.1 Å². The van der Waals surface area contributed by atoms with Crippen molar-refractivity contribution >= 4 is 11.6 Å². The number of hydrogen-bond acceptors (Lipinski definition) is 2. The third-order valence-electron chi connectivity index (χ3n) is 2.04. The number of ether oxygens (including phenoxy) is 2. The maximum atomic E-state index is 5.52. The molecule has 1 aliphatic rings. The van der Waals surface area contributed by atoms with Crippen LogP contribution in [0.2, 0.25) is 0 Å². The molecule has 80 valence electrons. The van der Waals surface area contributed by atoms with Crippen molar-refractivity contribution in [3.8, 4) is 11.8 Å². The molecule has 14 heavy (non-hydrogen) atoms. The van der Waals surface area contributed by atoms with Crippen LogP contribution in [0.15, 0.2) is 0 Å². The third kappa shape index (κ3) is 5.49. The van der Waals surface area contributed by atoms with Crippen molar-refractivity contribution in [1.82, 2.24) is 0 Å². The van der Waals surface area contributed by atoms with E-state index in [9.17, 15) is 0 Å². The molecule has 0 radical (unpaired) electrons. The summed E-state index contributed by atoms with van der Waals surface area (Å²) in [4.78, 5) is 0. The van der Waals surface area contributed by atoms with Crippen molar-refractivity contribution in [2.24, 2.45) is 0 Å². The van der Waals surface area contributed by atoms with Crippen LogP contribution in [0.5, 0.6) is 0 Å². The zero-order valence-corrected chi connectivity index (χ0v) is 9.18. The molecular formula is C11H17ClO2. The van der Waals surface area contributed by atoms with Gasteiger partial charge < -0.3 is 9.47 Å². The maximum Gasteiger partial charge on any atom is 0.158 e. The first-order chi connectivity index (χ1) is 6.93. The lowest BCUT2D eigenvalue weighted by Crippen LogP contribution is -2.22. The predicted molar refractivity (Wildman–Crippen MR) is 57.3 cm³/mol. The van der Waals surface area contributed by atoms with E-state index in [-0.39, 0.29) is 6.29 Å². The number of halogens is 1. The average Bonchev–Trinajstić information content (AvgIpc) is 2.25. The molecule has 1 unspecified atom stereocenters. The van der Waals surface area contributed by atoms with E-state index in [1.54, 1.807) is 0 Å². The van der Waals surface area contributed by atoms with Crippen molar-refractivity contribution in [2.45, 2.75) is 38.4 Å². The Balaban J connectivity index is 1.98. The van der Waals surface area contributed by atoms with Crippen molar-refractivity contribution < 1.29 is 9.47 Å². The van der Waals surface area contributed by atoms with E-state index in [0.717, 1.165) is 32.3 Å². The maximum absolute atomic E-state index is 5.52. The largest absolute Gasteiger partial charge is 0.353 e. The monoisotopic (exact) mass is 216 g/mol. The van der Waals surface area contributed by atoms with E-state index in [0.29, 0.717) is 12.5 Å². The molecule has 1 fully saturated rings. The molecule has 1 rings (SSSR count). The molecule has 0 bridgehead atoms. The summed E-state index contributed by atoms with van der Waals surface area (Å²) in [6.07, 6.45) is 5.15. The summed E-state index contributed by atoms with van der Waals surface area (Å²) >= 11 is 5.52. The fourth-order valence-corrected chi connectivity index (χ4v) is 1.41. The van der Waals surface area contributed by atoms with Crippen LogP contribution in [0.1, 0.15) is 32.1 Å². The third-order valence-corrected chi connectivity index (χ3v) is 2.31. The van der Waals surface area contributed by atoms with E-state index in [1.807, 2.05) is 0 Å². The second-order valence-corrected chi connectivity index (χ2v) is 3.63. The minimum absolute atomic E-state index is 0.0222. The quantitative estimate of drug-likeness (QED) is 0.409. The zero-order valence-electron chi connectivity index (χ0n) is 8.43. The summed E-state index contributed by atoms with van der Waals surface area (Å²) in [5.41, 5.74) is 0. The Bertz CT molecular complexity index is 189. The SMILES string of the molecule is ClCCCC#CCOC1CCCCO1. The number of rotatable bonds is 4. The smallest absolute Gasteiger partial charge is 0.158 e. The lowest BCUT2D eigenvalue weighted by Gasteiger charge is -2.21. The lowest BCUT2D eigenvalue weighted by atomic mass is 10.2. The van der Waals surface area contributed by atoms with Gasteiger partial charge in [0.2, 0.25) is 0 Å². The first-order valence-electron chi connectivity index (χ1n) is 5.18. The van der Waals surface area contributed by atoms with E-state index in [1.165, 1.54) is 6.42 Å². The summed E-state index contributed by atoms with van der Waals surface area (Å²) in [5.74, 6) is 6.65. The van der Waals surface area contributed by atoms with Crippen molar-refractivity contribution in [2.75, 3.05) is 19.1 Å². The second kappa shape index (κ2) is 8.11. The minimum Gasteiger partial charge on any atom is -0.353 e. The van der Waals surface area contributed by atoms with Crippen molar-refractivity contribution in [3.05, 3.63) is 0 Å². The number of unbranched alkanes of at least 4 members (excludes halogenated alkanes) is 1. The number of alkyl halides is 1. The van der Waals surface area contributed by atoms with Crippen LogP contribution in [0.4, 0.5) is 0 Å². The molecule has 0 spiro atoms. The topological polar surface area (TPSA) is 18.5 Å². The Morgan fingerprint density at radius 3 is 3.00 bits per heavy atom. The predicted octanol–water partition coefficient (Wildman–Crippen LogP) is 2.55. The van der Waals surface area contributed by atoms with Crippen LogP contribution in [-0.2, 0) is 9.47 Å². The summed E-state index contributed by atoms with van der Waals surface area (Å²) in [7, 11) is 0. The Morgan fingerprint density at radius 2 is 2.29 bits per heavy atom. The lowest BCUT2D eigenvalue weighted by molar-refractivity contribution is -0.154. The van der Waals surface area contributed by atoms with Gasteiger partial charge in [0, 0.05) is 18.9 Å². The summed E-state index contributed by atoms with van der Waals surface area (Å²) in [6.45, 7) is 1.30. The first kappa shape index (κ1) is 11.8. The van der Waals surface area contributed by atoms with E-state index in [2.05, 4.69) is 11.8 Å². The van der Waals surface area contributed by atoms with Gasteiger partial charge in [0.1, 0.15) is 6.61 Å². The Hall–Kier alpha value is -0.230. The molecule has 1 saturated heterocycles. The molecule has 0 aromatic heterocycles. The highest BCUT2D eigenvalue weighted by atomic mass is 35.5. The van der Waals surface area contributed by atoms with Crippen molar-refractivity contribution in [1.29, 1.82) is 0 Å². The fourth-order valence-electron chi connectivity index (χ4n) is 1.27. The van der Waals surface area contributed by atoms with Crippen LogP contribution in [0.25, 0.3) is 0 Å². The van der Waals surface area contributed by atoms with Gasteiger partial charge in [-0.3, -0.25) is 0 Å². The van der Waals surface area contributed by atoms with Crippen LogP contribution in [0, 0.1) is 11.8 Å². The molecular weight excluding hydrogens is 200 g/mol. The molecule has 1 aliphatic heterocycles. The molecule has 0 amide bonds. The summed E-state index contributed by atoms with van der Waals surface area (Å²) in [6, 6.07) is 0. The van der Waals surface area contributed by atoms with Gasteiger partial charge in [-0.2, -0.15) is 0 Å². The zero-order chi connectivity index (χ0) is 10.1. The summed E-state index contributed by atoms with van der Waals surface area (Å²) in [5, 5.41) is 0. The van der Waals surface area contributed by atoms with Crippen LogP contribution in [-0.4, -0.2) is 25.4 Å². The van der Waals surface area contributed by atoms with Gasteiger partial charge >= 0.3 is 0 Å². The Kier molecular flexibility index (Phi) is 6.86.